The van der Waals surface area contributed by atoms with Crippen molar-refractivity contribution >= 4 is 17.9 Å². The average molecular weight is 841 g/mol. The van der Waals surface area contributed by atoms with Gasteiger partial charge in [0.1, 0.15) is 13.2 Å². The zero-order chi connectivity index (χ0) is 43.7. The fraction of sp³-hybridized carbons (Fsp3) is 0.796. The van der Waals surface area contributed by atoms with Gasteiger partial charge in [0, 0.05) is 19.3 Å². The lowest BCUT2D eigenvalue weighted by Crippen LogP contribution is -2.30. The van der Waals surface area contributed by atoms with Crippen molar-refractivity contribution in [3.05, 3.63) is 48.6 Å². The maximum atomic E-state index is 12.8. The molecule has 0 N–H and O–H groups in total. The molecule has 0 fully saturated rings. The van der Waals surface area contributed by atoms with E-state index >= 15 is 0 Å². The minimum atomic E-state index is -0.779. The third kappa shape index (κ3) is 46.4. The molecule has 0 saturated carbocycles. The molecular formula is C54H96O6. The molecule has 0 amide bonds. The Morgan fingerprint density at radius 2 is 0.633 bits per heavy atom. The SMILES string of the molecule is CCC/C=C\CCCCCCCC(=O)OCC(COC(=O)CCCCCCCCCCC/C=C\C/C=C\CCCCC)OC(=O)CCCCCCC/C=C\CCCCCC. The topological polar surface area (TPSA) is 78.9 Å². The van der Waals surface area contributed by atoms with Gasteiger partial charge < -0.3 is 14.2 Å². The minimum Gasteiger partial charge on any atom is -0.462 e. The van der Waals surface area contributed by atoms with Crippen molar-refractivity contribution in [2.45, 2.75) is 264 Å². The number of hydrogen-bond acceptors (Lipinski definition) is 6. The van der Waals surface area contributed by atoms with Crippen molar-refractivity contribution in [2.24, 2.45) is 0 Å². The molecule has 348 valence electrons. The summed E-state index contributed by atoms with van der Waals surface area (Å²) in [7, 11) is 0. The third-order valence-electron chi connectivity index (χ3n) is 11.0. The van der Waals surface area contributed by atoms with Gasteiger partial charge in [-0.1, -0.05) is 191 Å². The minimum absolute atomic E-state index is 0.0807. The molecule has 0 aromatic heterocycles. The molecule has 0 aromatic rings. The first-order chi connectivity index (χ1) is 29.5. The molecule has 0 saturated heterocycles. The first-order valence-corrected chi connectivity index (χ1v) is 25.6. The van der Waals surface area contributed by atoms with E-state index in [-0.39, 0.29) is 31.1 Å². The first-order valence-electron chi connectivity index (χ1n) is 25.6. The summed E-state index contributed by atoms with van der Waals surface area (Å²) in [6.45, 7) is 6.53. The Hall–Kier alpha value is -2.63. The van der Waals surface area contributed by atoms with Crippen LogP contribution in [-0.4, -0.2) is 37.2 Å². The third-order valence-corrected chi connectivity index (χ3v) is 11.0. The number of rotatable bonds is 46. The zero-order valence-electron chi connectivity index (χ0n) is 39.7. The highest BCUT2D eigenvalue weighted by atomic mass is 16.6. The summed E-state index contributed by atoms with van der Waals surface area (Å²) in [6.07, 6.45) is 58.1. The molecule has 1 unspecified atom stereocenters. The van der Waals surface area contributed by atoms with E-state index < -0.39 is 6.10 Å². The fourth-order valence-electron chi connectivity index (χ4n) is 7.12. The van der Waals surface area contributed by atoms with Crippen LogP contribution >= 0.6 is 0 Å². The first kappa shape index (κ1) is 57.4. The summed E-state index contributed by atoms with van der Waals surface area (Å²) in [5.41, 5.74) is 0. The van der Waals surface area contributed by atoms with E-state index in [9.17, 15) is 14.4 Å². The van der Waals surface area contributed by atoms with Crippen LogP contribution in [0.5, 0.6) is 0 Å². The maximum absolute atomic E-state index is 12.8. The highest BCUT2D eigenvalue weighted by molar-refractivity contribution is 5.71. The molecule has 0 rings (SSSR count). The van der Waals surface area contributed by atoms with Crippen LogP contribution in [0.15, 0.2) is 48.6 Å². The predicted molar refractivity (Wildman–Crippen MR) is 256 cm³/mol. The van der Waals surface area contributed by atoms with Crippen LogP contribution < -0.4 is 0 Å². The smallest absolute Gasteiger partial charge is 0.306 e. The molecule has 6 heteroatoms. The van der Waals surface area contributed by atoms with Crippen LogP contribution in [0.3, 0.4) is 0 Å². The van der Waals surface area contributed by atoms with Gasteiger partial charge in [0.2, 0.25) is 0 Å². The number of allylic oxidation sites excluding steroid dienone is 8. The summed E-state index contributed by atoms with van der Waals surface area (Å²) in [5, 5.41) is 0. The van der Waals surface area contributed by atoms with E-state index in [0.717, 1.165) is 89.9 Å². The summed E-state index contributed by atoms with van der Waals surface area (Å²) in [6, 6.07) is 0. The number of esters is 3. The van der Waals surface area contributed by atoms with Gasteiger partial charge in [0.25, 0.3) is 0 Å². The van der Waals surface area contributed by atoms with E-state index in [4.69, 9.17) is 14.2 Å². The van der Waals surface area contributed by atoms with Gasteiger partial charge in [0.15, 0.2) is 6.10 Å². The lowest BCUT2D eigenvalue weighted by molar-refractivity contribution is -0.167. The van der Waals surface area contributed by atoms with Crippen LogP contribution in [0.4, 0.5) is 0 Å². The van der Waals surface area contributed by atoms with Gasteiger partial charge in [-0.3, -0.25) is 14.4 Å². The number of hydrogen-bond donors (Lipinski definition) is 0. The van der Waals surface area contributed by atoms with Crippen LogP contribution in [0, 0.1) is 0 Å². The van der Waals surface area contributed by atoms with Gasteiger partial charge >= 0.3 is 17.9 Å². The Balaban J connectivity index is 4.32. The largest absolute Gasteiger partial charge is 0.462 e. The summed E-state index contributed by atoms with van der Waals surface area (Å²) in [4.78, 5) is 37.9. The van der Waals surface area contributed by atoms with Crippen molar-refractivity contribution in [3.8, 4) is 0 Å². The number of carbonyl (C=O) groups excluding carboxylic acids is 3. The van der Waals surface area contributed by atoms with E-state index in [1.807, 2.05) is 0 Å². The standard InChI is InChI=1S/C54H96O6/c1-4-7-10-13-16-19-22-24-25-26-27-28-29-31-32-35-38-41-44-47-53(56)59-50-51(49-58-52(55)46-43-40-37-34-21-18-15-12-9-6-3)60-54(57)48-45-42-39-36-33-30-23-20-17-14-11-8-5-2/h12,15-16,19-20,23-25,51H,4-11,13-14,17-18,21-22,26-50H2,1-3H3/b15-12-,19-16-,23-20-,25-24-. The molecule has 0 aliphatic carbocycles. The molecular weight excluding hydrogens is 745 g/mol. The molecule has 1 atom stereocenters. The normalized spacial score (nSPS) is 12.4. The van der Waals surface area contributed by atoms with Crippen LogP contribution in [-0.2, 0) is 28.6 Å². The molecule has 0 aliphatic heterocycles. The van der Waals surface area contributed by atoms with Crippen molar-refractivity contribution in [1.29, 1.82) is 0 Å². The second-order valence-corrected chi connectivity index (χ2v) is 17.1. The second kappa shape index (κ2) is 49.0. The van der Waals surface area contributed by atoms with Crippen LogP contribution in [0.25, 0.3) is 0 Å². The highest BCUT2D eigenvalue weighted by Gasteiger charge is 2.19. The van der Waals surface area contributed by atoms with Crippen molar-refractivity contribution < 1.29 is 28.6 Å². The van der Waals surface area contributed by atoms with E-state index in [2.05, 4.69) is 69.4 Å². The van der Waals surface area contributed by atoms with Crippen LogP contribution in [0.1, 0.15) is 258 Å². The molecule has 60 heavy (non-hydrogen) atoms. The quantitative estimate of drug-likeness (QED) is 0.0263. The Morgan fingerprint density at radius 3 is 1.03 bits per heavy atom. The Bertz CT molecular complexity index is 1060. The van der Waals surface area contributed by atoms with Gasteiger partial charge in [-0.2, -0.15) is 0 Å². The highest BCUT2D eigenvalue weighted by Crippen LogP contribution is 2.14. The average Bonchev–Trinajstić information content (AvgIpc) is 3.24. The summed E-state index contributed by atoms with van der Waals surface area (Å²) >= 11 is 0. The zero-order valence-corrected chi connectivity index (χ0v) is 39.7. The fourth-order valence-corrected chi connectivity index (χ4v) is 7.12. The van der Waals surface area contributed by atoms with Gasteiger partial charge in [-0.15, -0.1) is 0 Å². The Morgan fingerprint density at radius 1 is 0.333 bits per heavy atom. The molecule has 0 aliphatic rings. The van der Waals surface area contributed by atoms with E-state index in [0.29, 0.717) is 19.3 Å². The number of unbranched alkanes of at least 4 members (excludes halogenated alkanes) is 27. The van der Waals surface area contributed by atoms with Gasteiger partial charge in [-0.05, 0) is 96.3 Å². The van der Waals surface area contributed by atoms with Crippen molar-refractivity contribution in [2.75, 3.05) is 13.2 Å². The van der Waals surface area contributed by atoms with Gasteiger partial charge in [-0.25, -0.2) is 0 Å². The number of ether oxygens (including phenoxy) is 3. The predicted octanol–water partition coefficient (Wildman–Crippen LogP) is 16.7. The summed E-state index contributed by atoms with van der Waals surface area (Å²) in [5.74, 6) is -0.900. The summed E-state index contributed by atoms with van der Waals surface area (Å²) < 4.78 is 16.8. The molecule has 6 nitrogen and oxygen atoms in total. The molecule has 0 radical (unpaired) electrons. The van der Waals surface area contributed by atoms with Crippen molar-refractivity contribution in [3.63, 3.8) is 0 Å². The Kier molecular flexibility index (Phi) is 46.9. The number of carbonyl (C=O) groups is 3. The molecule has 0 spiro atoms. The van der Waals surface area contributed by atoms with E-state index in [1.54, 1.807) is 0 Å². The molecule has 0 aromatic carbocycles. The van der Waals surface area contributed by atoms with Crippen LogP contribution in [0.2, 0.25) is 0 Å². The second-order valence-electron chi connectivity index (χ2n) is 17.1. The monoisotopic (exact) mass is 841 g/mol. The lowest BCUT2D eigenvalue weighted by Gasteiger charge is -2.18. The maximum Gasteiger partial charge on any atom is 0.306 e. The van der Waals surface area contributed by atoms with Gasteiger partial charge in [0.05, 0.1) is 0 Å². The van der Waals surface area contributed by atoms with E-state index in [1.165, 1.54) is 128 Å². The molecule has 0 bridgehead atoms. The lowest BCUT2D eigenvalue weighted by atomic mass is 10.1. The molecule has 0 heterocycles. The van der Waals surface area contributed by atoms with Crippen molar-refractivity contribution in [1.82, 2.24) is 0 Å². The Labute approximate surface area is 371 Å².